The molecule has 4 saturated heterocycles. The topological polar surface area (TPSA) is 102 Å². The van der Waals surface area contributed by atoms with E-state index in [9.17, 15) is 18.0 Å². The normalized spacial score (nSPS) is 23.8. The zero-order chi connectivity index (χ0) is 31.4. The number of rotatable bonds is 11. The van der Waals surface area contributed by atoms with E-state index in [1.165, 1.54) is 11.4 Å². The molecule has 9 nitrogen and oxygen atoms in total. The molecular weight excluding hydrogens is 592 g/mol. The fourth-order valence-electron chi connectivity index (χ4n) is 6.82. The van der Waals surface area contributed by atoms with E-state index in [-0.39, 0.29) is 42.5 Å². The first-order valence-electron chi connectivity index (χ1n) is 15.7. The van der Waals surface area contributed by atoms with Crippen molar-refractivity contribution in [1.29, 1.82) is 0 Å². The third-order valence-corrected chi connectivity index (χ3v) is 11.2. The van der Waals surface area contributed by atoms with E-state index in [1.54, 1.807) is 24.3 Å². The van der Waals surface area contributed by atoms with E-state index in [4.69, 9.17) is 14.2 Å². The highest BCUT2D eigenvalue weighted by atomic mass is 32.2. The van der Waals surface area contributed by atoms with Gasteiger partial charge in [-0.3, -0.25) is 14.5 Å². The average Bonchev–Trinajstić information content (AvgIpc) is 3.59. The monoisotopic (exact) mass is 632 g/mol. The molecule has 10 heteroatoms. The van der Waals surface area contributed by atoms with Crippen molar-refractivity contribution in [1.82, 2.24) is 9.21 Å². The van der Waals surface area contributed by atoms with E-state index >= 15 is 0 Å². The molecule has 0 aromatic heterocycles. The summed E-state index contributed by atoms with van der Waals surface area (Å²) in [6.45, 7) is 3.53. The number of ether oxygens (including phenoxy) is 3. The molecule has 0 radical (unpaired) electrons. The number of hydrogen-bond acceptors (Lipinski definition) is 8. The lowest BCUT2D eigenvalue weighted by Gasteiger charge is -2.44. The number of benzene rings is 3. The molecule has 0 spiro atoms. The fraction of sp³-hybridized carbons (Fsp3) is 0.429. The number of sulfonamides is 1. The predicted molar refractivity (Wildman–Crippen MR) is 168 cm³/mol. The molecule has 3 aromatic rings. The van der Waals surface area contributed by atoms with E-state index in [2.05, 4.69) is 4.90 Å². The van der Waals surface area contributed by atoms with Crippen molar-refractivity contribution in [2.45, 2.75) is 61.7 Å². The van der Waals surface area contributed by atoms with Crippen molar-refractivity contribution < 1.29 is 32.2 Å². The quantitative estimate of drug-likeness (QED) is 0.279. The average molecular weight is 633 g/mol. The van der Waals surface area contributed by atoms with Crippen LogP contribution in [0.1, 0.15) is 54.7 Å². The maximum atomic E-state index is 13.2. The van der Waals surface area contributed by atoms with Gasteiger partial charge in [0, 0.05) is 19.0 Å². The molecule has 4 aliphatic rings. The molecule has 0 unspecified atom stereocenters. The molecule has 4 aliphatic heterocycles. The van der Waals surface area contributed by atoms with Gasteiger partial charge in [0.15, 0.2) is 0 Å². The third-order valence-electron chi connectivity index (χ3n) is 9.32. The summed E-state index contributed by atoms with van der Waals surface area (Å²) in [6.07, 6.45) is 3.44. The minimum Gasteiger partial charge on any atom is -0.489 e. The van der Waals surface area contributed by atoms with Gasteiger partial charge >= 0.3 is 11.9 Å². The maximum absolute atomic E-state index is 13.2. The lowest BCUT2D eigenvalue weighted by molar-refractivity contribution is -0.159. The smallest absolute Gasteiger partial charge is 0.324 e. The van der Waals surface area contributed by atoms with E-state index in [0.29, 0.717) is 24.5 Å². The molecule has 0 amide bonds. The van der Waals surface area contributed by atoms with Gasteiger partial charge in [-0.15, -0.1) is 0 Å². The molecule has 3 atom stereocenters. The van der Waals surface area contributed by atoms with Gasteiger partial charge in [-0.05, 0) is 85.6 Å². The lowest BCUT2D eigenvalue weighted by Crippen LogP contribution is -2.52. The number of methoxy groups -OCH3 is 1. The summed E-state index contributed by atoms with van der Waals surface area (Å²) < 4.78 is 44.7. The molecule has 7 rings (SSSR count). The molecule has 3 aromatic carbocycles. The first-order chi connectivity index (χ1) is 21.8. The van der Waals surface area contributed by atoms with Crippen molar-refractivity contribution >= 4 is 22.0 Å². The van der Waals surface area contributed by atoms with Crippen LogP contribution in [-0.4, -0.2) is 75.0 Å². The SMILES string of the molecule is COC(=O)[C@@H]1CCCN1S(=O)(=O)c1ccc(COc2cccc([C@@H](CC(=O)O[C@H]3CN4CCC3CC4)c3ccccc3)c2)cc1. The van der Waals surface area contributed by atoms with Crippen molar-refractivity contribution in [3.8, 4) is 5.75 Å². The minimum atomic E-state index is -3.84. The van der Waals surface area contributed by atoms with Crippen LogP contribution in [0.15, 0.2) is 83.8 Å². The minimum absolute atomic E-state index is 0.0305. The fourth-order valence-corrected chi connectivity index (χ4v) is 8.47. The summed E-state index contributed by atoms with van der Waals surface area (Å²) in [6, 6.07) is 23.5. The van der Waals surface area contributed by atoms with Gasteiger partial charge in [0.1, 0.15) is 24.5 Å². The Bertz CT molecular complexity index is 1590. The van der Waals surface area contributed by atoms with Crippen LogP contribution < -0.4 is 4.74 Å². The summed E-state index contributed by atoms with van der Waals surface area (Å²) in [5, 5.41) is 0. The van der Waals surface area contributed by atoms with Crippen LogP contribution in [0.5, 0.6) is 5.75 Å². The van der Waals surface area contributed by atoms with Gasteiger partial charge in [0.05, 0.1) is 18.4 Å². The number of nitrogens with zero attached hydrogens (tertiary/aromatic N) is 2. The van der Waals surface area contributed by atoms with Crippen LogP contribution in [0.25, 0.3) is 0 Å². The van der Waals surface area contributed by atoms with Crippen LogP contribution in [-0.2, 0) is 35.7 Å². The first-order valence-corrected chi connectivity index (χ1v) is 17.1. The zero-order valence-electron chi connectivity index (χ0n) is 25.5. The number of esters is 2. The Morgan fingerprint density at radius 1 is 0.889 bits per heavy atom. The summed E-state index contributed by atoms with van der Waals surface area (Å²) >= 11 is 0. The van der Waals surface area contributed by atoms with Gasteiger partial charge in [-0.25, -0.2) is 8.42 Å². The van der Waals surface area contributed by atoms with Crippen LogP contribution >= 0.6 is 0 Å². The van der Waals surface area contributed by atoms with Crippen LogP contribution in [0.2, 0.25) is 0 Å². The Morgan fingerprint density at radius 3 is 2.31 bits per heavy atom. The summed E-state index contributed by atoms with van der Waals surface area (Å²) in [5.74, 6) is 0.192. The zero-order valence-corrected chi connectivity index (χ0v) is 26.4. The van der Waals surface area contributed by atoms with E-state index < -0.39 is 22.0 Å². The molecule has 0 saturated carbocycles. The van der Waals surface area contributed by atoms with E-state index in [0.717, 1.165) is 49.2 Å². The number of fused-ring (bicyclic) bond motifs is 3. The number of carbonyl (C=O) groups is 2. The molecule has 2 bridgehead atoms. The predicted octanol–water partition coefficient (Wildman–Crippen LogP) is 4.75. The first kappa shape index (κ1) is 31.3. The van der Waals surface area contributed by atoms with E-state index in [1.807, 2.05) is 54.6 Å². The number of hydrogen-bond donors (Lipinski definition) is 0. The van der Waals surface area contributed by atoms with Gasteiger partial charge in [-0.2, -0.15) is 4.31 Å². The standard InChI is InChI=1S/C35H40N2O7S/c1-42-35(39)32-11-6-18-37(32)45(40,41)30-14-12-25(13-15-30)24-43-29-10-5-9-28(21-29)31(26-7-3-2-4-8-26)22-34(38)44-33-23-36-19-16-27(33)17-20-36/h2-5,7-10,12-15,21,27,31-33H,6,11,16-20,22-24H2,1H3/t31-,32-,33-/m0/s1. The maximum Gasteiger partial charge on any atom is 0.324 e. The number of carbonyl (C=O) groups excluding carboxylic acids is 2. The van der Waals surface area contributed by atoms with Crippen LogP contribution in [0.3, 0.4) is 0 Å². The van der Waals surface area contributed by atoms with Gasteiger partial charge in [-0.1, -0.05) is 54.6 Å². The van der Waals surface area contributed by atoms with Gasteiger partial charge in [0.25, 0.3) is 0 Å². The Morgan fingerprint density at radius 2 is 1.62 bits per heavy atom. The largest absolute Gasteiger partial charge is 0.489 e. The highest BCUT2D eigenvalue weighted by Crippen LogP contribution is 2.34. The molecule has 45 heavy (non-hydrogen) atoms. The molecular formula is C35H40N2O7S. The molecule has 4 fully saturated rings. The number of piperidine rings is 3. The Kier molecular flexibility index (Phi) is 9.53. The Balaban J connectivity index is 1.12. The summed E-state index contributed by atoms with van der Waals surface area (Å²) in [4.78, 5) is 27.9. The molecule has 0 aliphatic carbocycles. The highest BCUT2D eigenvalue weighted by molar-refractivity contribution is 7.89. The summed E-state index contributed by atoms with van der Waals surface area (Å²) in [5.41, 5.74) is 2.78. The van der Waals surface area contributed by atoms with Crippen LogP contribution in [0, 0.1) is 5.92 Å². The van der Waals surface area contributed by atoms with Crippen LogP contribution in [0.4, 0.5) is 0 Å². The van der Waals surface area contributed by atoms with Crippen molar-refractivity contribution in [3.63, 3.8) is 0 Å². The molecule has 0 N–H and O–H groups in total. The van der Waals surface area contributed by atoms with Crippen molar-refractivity contribution in [3.05, 3.63) is 95.6 Å². The van der Waals surface area contributed by atoms with Crippen molar-refractivity contribution in [2.75, 3.05) is 33.3 Å². The summed E-state index contributed by atoms with van der Waals surface area (Å²) in [7, 11) is -2.57. The second-order valence-electron chi connectivity index (χ2n) is 12.1. The third kappa shape index (κ3) is 7.08. The lowest BCUT2D eigenvalue weighted by atomic mass is 9.85. The van der Waals surface area contributed by atoms with Gasteiger partial charge in [0.2, 0.25) is 10.0 Å². The second kappa shape index (κ2) is 13.7. The highest BCUT2D eigenvalue weighted by Gasteiger charge is 2.40. The second-order valence-corrected chi connectivity index (χ2v) is 14.0. The molecule has 238 valence electrons. The van der Waals surface area contributed by atoms with Crippen molar-refractivity contribution in [2.24, 2.45) is 5.92 Å². The Hall–Kier alpha value is -3.73. The van der Waals surface area contributed by atoms with Gasteiger partial charge < -0.3 is 14.2 Å². The Labute approximate surface area is 265 Å². The molecule has 4 heterocycles.